The third kappa shape index (κ3) is 5.45. The van der Waals surface area contributed by atoms with Gasteiger partial charge in [0.1, 0.15) is 0 Å². The average molecular weight is 359 g/mol. The highest BCUT2D eigenvalue weighted by Crippen LogP contribution is 2.16. The van der Waals surface area contributed by atoms with E-state index >= 15 is 0 Å². The predicted molar refractivity (Wildman–Crippen MR) is 107 cm³/mol. The van der Waals surface area contributed by atoms with Crippen molar-refractivity contribution in [3.05, 3.63) is 35.4 Å². The van der Waals surface area contributed by atoms with Crippen molar-refractivity contribution in [2.45, 2.75) is 58.9 Å². The lowest BCUT2D eigenvalue weighted by atomic mass is 10.0. The Morgan fingerprint density at radius 3 is 2.38 bits per heavy atom. The van der Waals surface area contributed by atoms with E-state index in [2.05, 4.69) is 59.8 Å². The monoisotopic (exact) mass is 358 g/mol. The minimum Gasteiger partial charge on any atom is -0.373 e. The number of morpholine rings is 1. The highest BCUT2D eigenvalue weighted by Gasteiger charge is 2.22. The summed E-state index contributed by atoms with van der Waals surface area (Å²) in [7, 11) is 0. The van der Waals surface area contributed by atoms with Crippen molar-refractivity contribution in [2.24, 2.45) is 16.6 Å². The summed E-state index contributed by atoms with van der Waals surface area (Å²) in [6.07, 6.45) is 3.14. The summed E-state index contributed by atoms with van der Waals surface area (Å²) in [5, 5.41) is 0. The lowest BCUT2D eigenvalue weighted by Crippen LogP contribution is -2.44. The van der Waals surface area contributed by atoms with Gasteiger partial charge in [-0.25, -0.2) is 4.99 Å². The molecule has 0 bridgehead atoms. The molecule has 1 aromatic carbocycles. The van der Waals surface area contributed by atoms with Gasteiger partial charge in [-0.1, -0.05) is 31.2 Å². The van der Waals surface area contributed by atoms with Crippen LogP contribution in [0.15, 0.2) is 29.3 Å². The number of benzene rings is 1. The first-order chi connectivity index (χ1) is 12.5. The maximum absolute atomic E-state index is 6.20. The number of likely N-dealkylation sites (tertiary alicyclic amines) is 1. The van der Waals surface area contributed by atoms with E-state index in [9.17, 15) is 0 Å². The molecule has 2 aliphatic rings. The van der Waals surface area contributed by atoms with Crippen LogP contribution in [0, 0.1) is 5.92 Å². The van der Waals surface area contributed by atoms with Crippen LogP contribution in [0.1, 0.15) is 44.7 Å². The number of nitrogens with zero attached hydrogens (tertiary/aromatic N) is 3. The number of ether oxygens (including phenoxy) is 1. The number of guanidine groups is 1. The predicted octanol–water partition coefficient (Wildman–Crippen LogP) is 2.84. The van der Waals surface area contributed by atoms with Gasteiger partial charge < -0.3 is 15.4 Å². The van der Waals surface area contributed by atoms with Crippen LogP contribution in [0.2, 0.25) is 0 Å². The summed E-state index contributed by atoms with van der Waals surface area (Å²) >= 11 is 0. The van der Waals surface area contributed by atoms with Crippen LogP contribution in [0.4, 0.5) is 0 Å². The second kappa shape index (κ2) is 8.87. The van der Waals surface area contributed by atoms with E-state index in [1.54, 1.807) is 0 Å². The van der Waals surface area contributed by atoms with Crippen LogP contribution >= 0.6 is 0 Å². The molecule has 26 heavy (non-hydrogen) atoms. The molecule has 5 heteroatoms. The molecule has 1 aromatic rings. The topological polar surface area (TPSA) is 54.1 Å². The van der Waals surface area contributed by atoms with Crippen LogP contribution in [0.3, 0.4) is 0 Å². The first-order valence-corrected chi connectivity index (χ1v) is 10.00. The summed E-state index contributed by atoms with van der Waals surface area (Å²) in [4.78, 5) is 9.31. The number of aliphatic imine (C=N–C) groups is 1. The molecule has 2 fully saturated rings. The molecule has 3 rings (SSSR count). The summed E-state index contributed by atoms with van der Waals surface area (Å²) < 4.78 is 5.81. The van der Waals surface area contributed by atoms with E-state index in [1.165, 1.54) is 24.0 Å². The highest BCUT2D eigenvalue weighted by atomic mass is 16.5. The average Bonchev–Trinajstić information content (AvgIpc) is 2.60. The lowest BCUT2D eigenvalue weighted by Gasteiger charge is -2.35. The zero-order chi connectivity index (χ0) is 18.5. The van der Waals surface area contributed by atoms with E-state index in [1.807, 2.05) is 0 Å². The molecular weight excluding hydrogens is 324 g/mol. The van der Waals surface area contributed by atoms with Gasteiger partial charge in [0.25, 0.3) is 0 Å². The van der Waals surface area contributed by atoms with Crippen molar-refractivity contribution in [2.75, 3.05) is 26.2 Å². The Bertz CT molecular complexity index is 591. The molecule has 2 aliphatic heterocycles. The van der Waals surface area contributed by atoms with Gasteiger partial charge in [0.05, 0.1) is 18.8 Å². The van der Waals surface area contributed by atoms with Crippen LogP contribution in [-0.4, -0.2) is 54.1 Å². The second-order valence-electron chi connectivity index (χ2n) is 8.14. The molecule has 0 saturated carbocycles. The smallest absolute Gasteiger partial charge is 0.191 e. The molecule has 3 atom stereocenters. The molecule has 0 radical (unpaired) electrons. The molecule has 144 valence electrons. The minimum atomic E-state index is 0.313. The first kappa shape index (κ1) is 19.2. The van der Waals surface area contributed by atoms with E-state index in [0.29, 0.717) is 30.6 Å². The van der Waals surface area contributed by atoms with Crippen molar-refractivity contribution in [3.63, 3.8) is 0 Å². The molecular formula is C21H34N4O. The Hall–Kier alpha value is -1.59. The molecule has 0 spiro atoms. The Morgan fingerprint density at radius 1 is 1.08 bits per heavy atom. The summed E-state index contributed by atoms with van der Waals surface area (Å²) in [6, 6.07) is 8.79. The van der Waals surface area contributed by atoms with E-state index < -0.39 is 0 Å². The Labute approximate surface area is 158 Å². The summed E-state index contributed by atoms with van der Waals surface area (Å²) in [5.41, 5.74) is 8.75. The Morgan fingerprint density at radius 2 is 1.73 bits per heavy atom. The van der Waals surface area contributed by atoms with Gasteiger partial charge in [-0.05, 0) is 43.7 Å². The van der Waals surface area contributed by atoms with Gasteiger partial charge in [-0.2, -0.15) is 0 Å². The van der Waals surface area contributed by atoms with Crippen molar-refractivity contribution in [1.82, 2.24) is 9.80 Å². The van der Waals surface area contributed by atoms with Gasteiger partial charge >= 0.3 is 0 Å². The quantitative estimate of drug-likeness (QED) is 0.664. The number of hydrogen-bond acceptors (Lipinski definition) is 3. The highest BCUT2D eigenvalue weighted by molar-refractivity contribution is 5.78. The van der Waals surface area contributed by atoms with Crippen molar-refractivity contribution in [3.8, 4) is 0 Å². The van der Waals surface area contributed by atoms with E-state index in [0.717, 1.165) is 32.7 Å². The minimum absolute atomic E-state index is 0.313. The summed E-state index contributed by atoms with van der Waals surface area (Å²) in [6.45, 7) is 12.3. The molecule has 2 heterocycles. The number of nitrogens with two attached hydrogens (primary N) is 1. The van der Waals surface area contributed by atoms with E-state index in [-0.39, 0.29) is 0 Å². The molecule has 2 saturated heterocycles. The number of rotatable bonds is 4. The van der Waals surface area contributed by atoms with Crippen molar-refractivity contribution in [1.29, 1.82) is 0 Å². The maximum Gasteiger partial charge on any atom is 0.191 e. The normalized spacial score (nSPS) is 28.3. The third-order valence-corrected chi connectivity index (χ3v) is 5.33. The molecule has 5 nitrogen and oxygen atoms in total. The zero-order valence-electron chi connectivity index (χ0n) is 16.5. The lowest BCUT2D eigenvalue weighted by molar-refractivity contribution is -0.0704. The third-order valence-electron chi connectivity index (χ3n) is 5.33. The molecule has 0 aromatic heterocycles. The zero-order valence-corrected chi connectivity index (χ0v) is 16.5. The van der Waals surface area contributed by atoms with Crippen LogP contribution in [0.25, 0.3) is 0 Å². The van der Waals surface area contributed by atoms with Crippen LogP contribution in [-0.2, 0) is 17.8 Å². The number of hydrogen-bond donors (Lipinski definition) is 1. The van der Waals surface area contributed by atoms with Crippen LogP contribution < -0.4 is 5.73 Å². The van der Waals surface area contributed by atoms with Gasteiger partial charge in [0.15, 0.2) is 5.96 Å². The summed E-state index contributed by atoms with van der Waals surface area (Å²) in [5.74, 6) is 1.40. The fraction of sp³-hybridized carbons (Fsp3) is 0.667. The Balaban J connectivity index is 1.52. The number of piperidine rings is 1. The fourth-order valence-corrected chi connectivity index (χ4v) is 4.09. The van der Waals surface area contributed by atoms with Crippen LogP contribution in [0.5, 0.6) is 0 Å². The van der Waals surface area contributed by atoms with Gasteiger partial charge in [-0.15, -0.1) is 0 Å². The SMILES string of the molecule is CC1CCCN(C(N)=NCc2ccc(CN3CC(C)OC(C)C3)cc2)C1. The van der Waals surface area contributed by atoms with Crippen molar-refractivity contribution < 1.29 is 4.74 Å². The Kier molecular flexibility index (Phi) is 6.54. The standard InChI is InChI=1S/C21H34N4O/c1-16-5-4-10-25(12-16)21(22)23-11-19-6-8-20(9-7-19)15-24-13-17(2)26-18(3)14-24/h6-9,16-18H,4-5,10-15H2,1-3H3,(H2,22,23). The second-order valence-corrected chi connectivity index (χ2v) is 8.14. The maximum atomic E-state index is 6.20. The van der Waals surface area contributed by atoms with E-state index in [4.69, 9.17) is 10.5 Å². The van der Waals surface area contributed by atoms with Gasteiger partial charge in [0, 0.05) is 32.7 Å². The van der Waals surface area contributed by atoms with Gasteiger partial charge in [-0.3, -0.25) is 4.90 Å². The fourth-order valence-electron chi connectivity index (χ4n) is 4.09. The molecule has 0 amide bonds. The largest absolute Gasteiger partial charge is 0.373 e. The first-order valence-electron chi connectivity index (χ1n) is 10.00. The molecule has 3 unspecified atom stereocenters. The molecule has 2 N–H and O–H groups in total. The van der Waals surface area contributed by atoms with Crippen molar-refractivity contribution >= 4 is 5.96 Å². The molecule has 0 aliphatic carbocycles. The van der Waals surface area contributed by atoms with Gasteiger partial charge in [0.2, 0.25) is 0 Å².